The molecule has 3 heteroatoms. The fourth-order valence-electron chi connectivity index (χ4n) is 1.75. The van der Waals surface area contributed by atoms with Crippen molar-refractivity contribution in [2.45, 2.75) is 18.9 Å². The smallest absolute Gasteiger partial charge is 0.0650 e. The van der Waals surface area contributed by atoms with E-state index in [0.717, 1.165) is 18.5 Å². The van der Waals surface area contributed by atoms with Gasteiger partial charge in [-0.05, 0) is 30.5 Å². The van der Waals surface area contributed by atoms with E-state index >= 15 is 0 Å². The summed E-state index contributed by atoms with van der Waals surface area (Å²) in [5, 5.41) is 12.4. The summed E-state index contributed by atoms with van der Waals surface area (Å²) < 4.78 is 0. The number of hydrogen-bond donors (Lipinski definition) is 3. The molecule has 0 bridgehead atoms. The highest BCUT2D eigenvalue weighted by atomic mass is 16.3. The Hall–Kier alpha value is -1.06. The number of nitrogens with one attached hydrogen (secondary N) is 1. The normalized spacial score (nSPS) is 18.5. The lowest BCUT2D eigenvalue weighted by molar-refractivity contribution is 0.210. The molecule has 0 radical (unpaired) electrons. The van der Waals surface area contributed by atoms with Crippen molar-refractivity contribution in [3.05, 3.63) is 29.3 Å². The van der Waals surface area contributed by atoms with E-state index in [9.17, 15) is 0 Å². The maximum atomic E-state index is 9.16. The first-order valence-corrected chi connectivity index (χ1v) is 4.90. The molecule has 1 aromatic rings. The summed E-state index contributed by atoms with van der Waals surface area (Å²) in [6.07, 6.45) is 1.05. The van der Waals surface area contributed by atoms with Crippen LogP contribution in [0.5, 0.6) is 0 Å². The summed E-state index contributed by atoms with van der Waals surface area (Å²) in [6.45, 7) is 2.81. The van der Waals surface area contributed by atoms with Gasteiger partial charge in [-0.1, -0.05) is 12.1 Å². The van der Waals surface area contributed by atoms with E-state index in [1.807, 2.05) is 19.1 Å². The van der Waals surface area contributed by atoms with Gasteiger partial charge in [-0.25, -0.2) is 0 Å². The lowest BCUT2D eigenvalue weighted by atomic mass is 9.92. The first-order valence-electron chi connectivity index (χ1n) is 4.90. The van der Waals surface area contributed by atoms with Crippen molar-refractivity contribution in [2.75, 3.05) is 18.5 Å². The van der Waals surface area contributed by atoms with Crippen LogP contribution in [0.4, 0.5) is 5.69 Å². The highest BCUT2D eigenvalue weighted by molar-refractivity contribution is 5.57. The number of rotatable bonds is 2. The first-order chi connectivity index (χ1) is 6.63. The zero-order valence-electron chi connectivity index (χ0n) is 8.38. The highest BCUT2D eigenvalue weighted by Crippen LogP contribution is 2.27. The second kappa shape index (κ2) is 3.26. The van der Waals surface area contributed by atoms with Crippen LogP contribution in [-0.4, -0.2) is 18.3 Å². The van der Waals surface area contributed by atoms with Crippen LogP contribution < -0.4 is 11.1 Å². The van der Waals surface area contributed by atoms with E-state index in [1.165, 1.54) is 11.3 Å². The topological polar surface area (TPSA) is 58.3 Å². The number of benzene rings is 1. The fraction of sp³-hybridized carbons (Fsp3) is 0.455. The largest absolute Gasteiger partial charge is 0.394 e. The Morgan fingerprint density at radius 3 is 3.07 bits per heavy atom. The van der Waals surface area contributed by atoms with Crippen LogP contribution in [-0.2, 0) is 12.0 Å². The number of aliphatic hydroxyl groups is 1. The molecule has 0 fully saturated rings. The van der Waals surface area contributed by atoms with Gasteiger partial charge in [0.15, 0.2) is 0 Å². The molecule has 0 saturated heterocycles. The van der Waals surface area contributed by atoms with Gasteiger partial charge in [-0.15, -0.1) is 0 Å². The van der Waals surface area contributed by atoms with Crippen LogP contribution in [0.25, 0.3) is 0 Å². The third kappa shape index (κ3) is 1.49. The second-order valence-electron chi connectivity index (χ2n) is 4.12. The maximum absolute atomic E-state index is 9.16. The molecule has 2 rings (SSSR count). The van der Waals surface area contributed by atoms with Gasteiger partial charge >= 0.3 is 0 Å². The molecule has 0 aliphatic carbocycles. The van der Waals surface area contributed by atoms with Crippen molar-refractivity contribution < 1.29 is 5.11 Å². The van der Waals surface area contributed by atoms with Crippen LogP contribution in [0.15, 0.2) is 18.2 Å². The lowest BCUT2D eigenvalue weighted by Gasteiger charge is -2.22. The van der Waals surface area contributed by atoms with Crippen LogP contribution in [0.3, 0.4) is 0 Å². The number of fused-ring (bicyclic) bond motifs is 1. The van der Waals surface area contributed by atoms with Crippen molar-refractivity contribution >= 4 is 5.69 Å². The Bertz CT molecular complexity index is 347. The summed E-state index contributed by atoms with van der Waals surface area (Å²) in [7, 11) is 0. The number of hydrogen-bond acceptors (Lipinski definition) is 3. The van der Waals surface area contributed by atoms with Gasteiger partial charge in [0.05, 0.1) is 12.1 Å². The molecule has 14 heavy (non-hydrogen) atoms. The first kappa shape index (κ1) is 9.49. The molecule has 0 saturated carbocycles. The zero-order valence-corrected chi connectivity index (χ0v) is 8.38. The molecular weight excluding hydrogens is 176 g/mol. The average molecular weight is 192 g/mol. The molecular formula is C11H16N2O. The summed E-state index contributed by atoms with van der Waals surface area (Å²) in [5.41, 5.74) is 8.83. The minimum absolute atomic E-state index is 0.0286. The monoisotopic (exact) mass is 192 g/mol. The van der Waals surface area contributed by atoms with Gasteiger partial charge in [0, 0.05) is 12.2 Å². The molecule has 4 N–H and O–H groups in total. The minimum atomic E-state index is -0.627. The van der Waals surface area contributed by atoms with Gasteiger partial charge in [0.1, 0.15) is 0 Å². The number of anilines is 1. The van der Waals surface area contributed by atoms with E-state index in [1.54, 1.807) is 0 Å². The molecule has 1 heterocycles. The summed E-state index contributed by atoms with van der Waals surface area (Å²) >= 11 is 0. The SMILES string of the molecule is C[C@](N)(CO)c1ccc2c(c1)CCN2. The van der Waals surface area contributed by atoms with E-state index in [-0.39, 0.29) is 6.61 Å². The van der Waals surface area contributed by atoms with Gasteiger partial charge in [-0.3, -0.25) is 0 Å². The van der Waals surface area contributed by atoms with Crippen molar-refractivity contribution in [2.24, 2.45) is 5.73 Å². The molecule has 0 amide bonds. The maximum Gasteiger partial charge on any atom is 0.0650 e. The lowest BCUT2D eigenvalue weighted by Crippen LogP contribution is -2.36. The molecule has 1 aliphatic heterocycles. The molecule has 3 nitrogen and oxygen atoms in total. The van der Waals surface area contributed by atoms with E-state index < -0.39 is 5.54 Å². The van der Waals surface area contributed by atoms with Crippen molar-refractivity contribution in [1.29, 1.82) is 0 Å². The molecule has 0 unspecified atom stereocenters. The predicted molar refractivity (Wildman–Crippen MR) is 57.3 cm³/mol. The highest BCUT2D eigenvalue weighted by Gasteiger charge is 2.21. The Morgan fingerprint density at radius 2 is 2.36 bits per heavy atom. The predicted octanol–water partition coefficient (Wildman–Crippen LogP) is 0.821. The quantitative estimate of drug-likeness (QED) is 0.650. The van der Waals surface area contributed by atoms with E-state index in [2.05, 4.69) is 11.4 Å². The van der Waals surface area contributed by atoms with Gasteiger partial charge < -0.3 is 16.2 Å². The third-order valence-electron chi connectivity index (χ3n) is 2.80. The summed E-state index contributed by atoms with van der Waals surface area (Å²) in [5.74, 6) is 0. The van der Waals surface area contributed by atoms with Crippen molar-refractivity contribution in [3.8, 4) is 0 Å². The van der Waals surface area contributed by atoms with Crippen LogP contribution in [0, 0.1) is 0 Å². The average Bonchev–Trinajstić information content (AvgIpc) is 2.64. The molecule has 1 aromatic carbocycles. The summed E-state index contributed by atoms with van der Waals surface area (Å²) in [6, 6.07) is 6.11. The number of aliphatic hydroxyl groups excluding tert-OH is 1. The Labute approximate surface area is 83.9 Å². The third-order valence-corrected chi connectivity index (χ3v) is 2.80. The van der Waals surface area contributed by atoms with Gasteiger partial charge in [0.25, 0.3) is 0 Å². The minimum Gasteiger partial charge on any atom is -0.394 e. The van der Waals surface area contributed by atoms with Crippen LogP contribution in [0.1, 0.15) is 18.1 Å². The molecule has 0 spiro atoms. The Kier molecular flexibility index (Phi) is 2.21. The van der Waals surface area contributed by atoms with Crippen LogP contribution >= 0.6 is 0 Å². The van der Waals surface area contributed by atoms with Crippen molar-refractivity contribution in [1.82, 2.24) is 0 Å². The van der Waals surface area contributed by atoms with Gasteiger partial charge in [0.2, 0.25) is 0 Å². The summed E-state index contributed by atoms with van der Waals surface area (Å²) in [4.78, 5) is 0. The second-order valence-corrected chi connectivity index (χ2v) is 4.12. The molecule has 76 valence electrons. The standard InChI is InChI=1S/C11H16N2O/c1-11(12,7-14)9-2-3-10-8(6-9)4-5-13-10/h2-3,6,13-14H,4-5,7,12H2,1H3/t11-/m0/s1. The van der Waals surface area contributed by atoms with E-state index in [0.29, 0.717) is 0 Å². The van der Waals surface area contributed by atoms with Crippen LogP contribution in [0.2, 0.25) is 0 Å². The van der Waals surface area contributed by atoms with E-state index in [4.69, 9.17) is 10.8 Å². The fourth-order valence-corrected chi connectivity index (χ4v) is 1.75. The van der Waals surface area contributed by atoms with Crippen molar-refractivity contribution in [3.63, 3.8) is 0 Å². The molecule has 0 aromatic heterocycles. The number of nitrogens with two attached hydrogens (primary N) is 1. The zero-order chi connectivity index (χ0) is 10.2. The molecule has 1 aliphatic rings. The Balaban J connectivity index is 2.38. The molecule has 1 atom stereocenters. The van der Waals surface area contributed by atoms with Gasteiger partial charge in [-0.2, -0.15) is 0 Å². The Morgan fingerprint density at radius 1 is 1.57 bits per heavy atom.